The monoisotopic (exact) mass is 447 g/mol. The van der Waals surface area contributed by atoms with Crippen molar-refractivity contribution in [3.63, 3.8) is 0 Å². The molecule has 0 saturated carbocycles. The molecule has 0 N–H and O–H groups in total. The van der Waals surface area contributed by atoms with Gasteiger partial charge in [0.15, 0.2) is 11.6 Å². The Labute approximate surface area is 170 Å². The third-order valence-corrected chi connectivity index (χ3v) is 5.06. The van der Waals surface area contributed by atoms with Crippen LogP contribution in [0, 0.1) is 12.7 Å². The summed E-state index contributed by atoms with van der Waals surface area (Å²) in [5.74, 6) is -1.26. The summed E-state index contributed by atoms with van der Waals surface area (Å²) in [5, 5.41) is 0.578. The van der Waals surface area contributed by atoms with E-state index in [4.69, 9.17) is 9.47 Å². The molecule has 1 heterocycles. The molecule has 1 aromatic heterocycles. The maximum atomic E-state index is 14.4. The van der Waals surface area contributed by atoms with Gasteiger partial charge in [0.25, 0.3) is 5.91 Å². The first-order valence-electron chi connectivity index (χ1n) is 8.70. The number of nitrogens with zero attached hydrogens (tertiary/aromatic N) is 1. The van der Waals surface area contributed by atoms with Gasteiger partial charge in [0.05, 0.1) is 25.7 Å². The number of aromatic nitrogens is 1. The van der Waals surface area contributed by atoms with Crippen LogP contribution in [0.5, 0.6) is 5.75 Å². The third kappa shape index (κ3) is 3.67. The van der Waals surface area contributed by atoms with Gasteiger partial charge in [0.2, 0.25) is 0 Å². The molecule has 5 nitrogen and oxygen atoms in total. The van der Waals surface area contributed by atoms with E-state index in [-0.39, 0.29) is 24.7 Å². The van der Waals surface area contributed by atoms with Gasteiger partial charge in [0, 0.05) is 27.2 Å². The summed E-state index contributed by atoms with van der Waals surface area (Å²) >= 11 is 3.34. The van der Waals surface area contributed by atoms with Crippen LogP contribution in [0.4, 0.5) is 4.39 Å². The van der Waals surface area contributed by atoms with E-state index in [1.54, 1.807) is 38.1 Å². The van der Waals surface area contributed by atoms with Crippen molar-refractivity contribution in [2.45, 2.75) is 20.3 Å². The Hall–Kier alpha value is -2.67. The van der Waals surface area contributed by atoms with E-state index in [1.807, 2.05) is 0 Å². The van der Waals surface area contributed by atoms with Gasteiger partial charge in [-0.25, -0.2) is 4.39 Å². The lowest BCUT2D eigenvalue weighted by atomic mass is 10.1. The van der Waals surface area contributed by atoms with Gasteiger partial charge in [-0.2, -0.15) is 0 Å². The van der Waals surface area contributed by atoms with Crippen LogP contribution in [0.25, 0.3) is 10.9 Å². The Morgan fingerprint density at radius 2 is 1.86 bits per heavy atom. The maximum absolute atomic E-state index is 14.4. The van der Waals surface area contributed by atoms with Gasteiger partial charge in [0.1, 0.15) is 0 Å². The molecule has 0 fully saturated rings. The lowest BCUT2D eigenvalue weighted by Gasteiger charge is -2.08. The van der Waals surface area contributed by atoms with Crippen LogP contribution >= 0.6 is 15.9 Å². The van der Waals surface area contributed by atoms with E-state index in [0.29, 0.717) is 27.7 Å². The predicted molar refractivity (Wildman–Crippen MR) is 107 cm³/mol. The summed E-state index contributed by atoms with van der Waals surface area (Å²) in [4.78, 5) is 25.3. The van der Waals surface area contributed by atoms with Crippen LogP contribution in [0.1, 0.15) is 28.5 Å². The molecule has 0 aliphatic carbocycles. The fourth-order valence-corrected chi connectivity index (χ4v) is 3.46. The number of carbonyl (C=O) groups excluding carboxylic acids is 2. The number of rotatable bonds is 5. The van der Waals surface area contributed by atoms with Gasteiger partial charge in [-0.05, 0) is 49.7 Å². The molecule has 7 heteroatoms. The number of hydrogen-bond acceptors (Lipinski definition) is 4. The number of benzene rings is 2. The highest BCUT2D eigenvalue weighted by molar-refractivity contribution is 9.10. The summed E-state index contributed by atoms with van der Waals surface area (Å²) in [5.41, 5.74) is 1.99. The predicted octanol–water partition coefficient (Wildman–Crippen LogP) is 4.65. The molecular formula is C21H19BrFNO4. The number of methoxy groups -OCH3 is 1. The number of ether oxygens (including phenoxy) is 2. The number of carbonyl (C=O) groups is 2. The van der Waals surface area contributed by atoms with Crippen LogP contribution in [0.3, 0.4) is 0 Å². The minimum absolute atomic E-state index is 0.0222. The van der Waals surface area contributed by atoms with Crippen LogP contribution in [-0.2, 0) is 16.0 Å². The van der Waals surface area contributed by atoms with E-state index in [2.05, 4.69) is 15.9 Å². The number of fused-ring (bicyclic) bond motifs is 1. The van der Waals surface area contributed by atoms with Gasteiger partial charge in [-0.15, -0.1) is 0 Å². The molecular weight excluding hydrogens is 429 g/mol. The fraction of sp³-hybridized carbons (Fsp3) is 0.238. The second kappa shape index (κ2) is 8.14. The highest BCUT2D eigenvalue weighted by Gasteiger charge is 2.23. The van der Waals surface area contributed by atoms with Crippen LogP contribution in [-0.4, -0.2) is 30.2 Å². The van der Waals surface area contributed by atoms with Gasteiger partial charge >= 0.3 is 5.97 Å². The van der Waals surface area contributed by atoms with Crippen LogP contribution in [0.15, 0.2) is 40.9 Å². The van der Waals surface area contributed by atoms with Crippen molar-refractivity contribution < 1.29 is 23.5 Å². The molecule has 0 amide bonds. The molecule has 3 aromatic rings. The molecule has 0 spiro atoms. The fourth-order valence-electron chi connectivity index (χ4n) is 3.20. The van der Waals surface area contributed by atoms with E-state index >= 15 is 0 Å². The van der Waals surface area contributed by atoms with E-state index in [0.717, 1.165) is 4.47 Å². The first kappa shape index (κ1) is 20.1. The zero-order valence-corrected chi connectivity index (χ0v) is 17.3. The molecule has 0 saturated heterocycles. The maximum Gasteiger partial charge on any atom is 0.310 e. The van der Waals surface area contributed by atoms with Crippen molar-refractivity contribution in [2.75, 3.05) is 13.7 Å². The van der Waals surface area contributed by atoms with Crippen molar-refractivity contribution in [3.05, 3.63) is 63.5 Å². The Morgan fingerprint density at radius 3 is 2.46 bits per heavy atom. The summed E-state index contributed by atoms with van der Waals surface area (Å²) in [6, 6.07) is 9.66. The lowest BCUT2D eigenvalue weighted by Crippen LogP contribution is -2.14. The smallest absolute Gasteiger partial charge is 0.310 e. The van der Waals surface area contributed by atoms with Gasteiger partial charge in [-0.1, -0.05) is 15.9 Å². The third-order valence-electron chi connectivity index (χ3n) is 4.53. The van der Waals surface area contributed by atoms with Crippen molar-refractivity contribution in [3.8, 4) is 5.75 Å². The SMILES string of the molecule is CCOC(=O)Cc1c(C)n(C(=O)c2ccc(Br)cc2)c2cc(F)c(OC)cc12. The molecule has 2 aromatic carbocycles. The first-order valence-corrected chi connectivity index (χ1v) is 9.50. The zero-order chi connectivity index (χ0) is 20.4. The minimum atomic E-state index is -0.583. The Morgan fingerprint density at radius 1 is 1.18 bits per heavy atom. The van der Waals surface area contributed by atoms with Crippen molar-refractivity contribution >= 4 is 38.7 Å². The second-order valence-electron chi connectivity index (χ2n) is 6.20. The van der Waals surface area contributed by atoms with Crippen molar-refractivity contribution in [1.29, 1.82) is 0 Å². The molecule has 0 radical (unpaired) electrons. The molecule has 0 aliphatic heterocycles. The standard InChI is InChI=1S/C21H19BrFNO4/c1-4-28-20(25)10-15-12(2)24(21(26)13-5-7-14(22)8-6-13)18-11-17(23)19(27-3)9-16(15)18/h5-9,11H,4,10H2,1-3H3. The van der Waals surface area contributed by atoms with E-state index in [9.17, 15) is 14.0 Å². The van der Waals surface area contributed by atoms with Crippen LogP contribution < -0.4 is 4.74 Å². The summed E-state index contributed by atoms with van der Waals surface area (Å²) in [6.45, 7) is 3.71. The van der Waals surface area contributed by atoms with E-state index in [1.165, 1.54) is 23.8 Å². The van der Waals surface area contributed by atoms with Crippen molar-refractivity contribution in [2.24, 2.45) is 0 Å². The lowest BCUT2D eigenvalue weighted by molar-refractivity contribution is -0.142. The minimum Gasteiger partial charge on any atom is -0.494 e. The highest BCUT2D eigenvalue weighted by Crippen LogP contribution is 2.32. The molecule has 0 atom stereocenters. The normalized spacial score (nSPS) is 10.9. The molecule has 0 aliphatic rings. The average molecular weight is 448 g/mol. The molecule has 3 rings (SSSR count). The zero-order valence-electron chi connectivity index (χ0n) is 15.7. The number of esters is 1. The number of halogens is 2. The topological polar surface area (TPSA) is 57.5 Å². The molecule has 28 heavy (non-hydrogen) atoms. The number of hydrogen-bond donors (Lipinski definition) is 0. The van der Waals surface area contributed by atoms with Crippen molar-refractivity contribution in [1.82, 2.24) is 4.57 Å². The van der Waals surface area contributed by atoms with E-state index < -0.39 is 11.8 Å². The molecule has 0 unspecified atom stereocenters. The summed E-state index contributed by atoms with van der Waals surface area (Å²) in [7, 11) is 1.37. The Kier molecular flexibility index (Phi) is 5.84. The second-order valence-corrected chi connectivity index (χ2v) is 7.11. The molecule has 146 valence electrons. The highest BCUT2D eigenvalue weighted by atomic mass is 79.9. The quantitative estimate of drug-likeness (QED) is 0.533. The molecule has 0 bridgehead atoms. The average Bonchev–Trinajstić information content (AvgIpc) is 2.92. The Bertz CT molecular complexity index is 1060. The van der Waals surface area contributed by atoms with Gasteiger partial charge in [-0.3, -0.25) is 14.2 Å². The first-order chi connectivity index (χ1) is 13.4. The van der Waals surface area contributed by atoms with Crippen LogP contribution in [0.2, 0.25) is 0 Å². The summed E-state index contributed by atoms with van der Waals surface area (Å²) in [6.07, 6.45) is -0.0222. The van der Waals surface area contributed by atoms with Gasteiger partial charge < -0.3 is 9.47 Å². The largest absolute Gasteiger partial charge is 0.494 e. The Balaban J connectivity index is 2.22. The summed E-state index contributed by atoms with van der Waals surface area (Å²) < 4.78 is 26.8.